The Balaban J connectivity index is 2.45. The van der Waals surface area contributed by atoms with Gasteiger partial charge in [0, 0.05) is 0 Å². The molecule has 0 spiro atoms. The summed E-state index contributed by atoms with van der Waals surface area (Å²) in [6.07, 6.45) is -5.33. The van der Waals surface area contributed by atoms with Gasteiger partial charge in [0.15, 0.2) is 0 Å². The topological polar surface area (TPSA) is 89.8 Å². The van der Waals surface area contributed by atoms with Crippen LogP contribution in [-0.4, -0.2) is 29.6 Å². The van der Waals surface area contributed by atoms with E-state index >= 15 is 0 Å². The van der Waals surface area contributed by atoms with Crippen LogP contribution in [-0.2, 0) is 16.1 Å². The largest absolute Gasteiger partial charge is 0.471 e. The van der Waals surface area contributed by atoms with Gasteiger partial charge in [-0.1, -0.05) is 12.1 Å². The summed E-state index contributed by atoms with van der Waals surface area (Å²) in [7, 11) is 0. The Morgan fingerprint density at radius 1 is 1.14 bits per heavy atom. The van der Waals surface area contributed by atoms with Crippen LogP contribution in [0.1, 0.15) is 22.8 Å². The smallest absolute Gasteiger partial charge is 0.462 e. The molecule has 0 unspecified atom stereocenters. The Hall–Kier alpha value is -3.50. The van der Waals surface area contributed by atoms with Crippen LogP contribution in [0, 0.1) is 15.9 Å². The molecule has 0 fully saturated rings. The van der Waals surface area contributed by atoms with Gasteiger partial charge in [-0.15, -0.1) is 0 Å². The van der Waals surface area contributed by atoms with Crippen LogP contribution in [0.2, 0.25) is 0 Å². The highest BCUT2D eigenvalue weighted by molar-refractivity contribution is 5.99. The Labute approximate surface area is 161 Å². The van der Waals surface area contributed by atoms with Crippen molar-refractivity contribution in [1.82, 2.24) is 0 Å². The van der Waals surface area contributed by atoms with Gasteiger partial charge in [0.05, 0.1) is 29.7 Å². The fraction of sp³-hybridized carbons (Fsp3) is 0.222. The number of benzene rings is 2. The van der Waals surface area contributed by atoms with Crippen molar-refractivity contribution >= 4 is 23.3 Å². The Morgan fingerprint density at radius 2 is 1.76 bits per heavy atom. The molecule has 0 bridgehead atoms. The molecule has 0 aliphatic rings. The lowest BCUT2D eigenvalue weighted by Gasteiger charge is -2.24. The maximum atomic E-state index is 13.3. The average Bonchev–Trinajstić information content (AvgIpc) is 2.65. The third-order valence-corrected chi connectivity index (χ3v) is 3.72. The number of anilines is 1. The molecule has 0 heterocycles. The molecule has 0 aromatic heterocycles. The average molecular weight is 414 g/mol. The maximum absolute atomic E-state index is 13.3. The normalized spacial score (nSPS) is 11.1. The summed E-state index contributed by atoms with van der Waals surface area (Å²) in [5.41, 5.74) is -1.43. The number of hydrogen-bond donors (Lipinski definition) is 0. The van der Waals surface area contributed by atoms with Gasteiger partial charge in [0.1, 0.15) is 11.5 Å². The van der Waals surface area contributed by atoms with E-state index in [0.717, 1.165) is 6.07 Å². The molecular formula is C18H14F4N2O5. The second-order valence-electron chi connectivity index (χ2n) is 5.70. The van der Waals surface area contributed by atoms with E-state index in [1.807, 2.05) is 0 Å². The van der Waals surface area contributed by atoms with Crippen LogP contribution in [0.15, 0.2) is 42.5 Å². The number of nitro groups is 1. The summed E-state index contributed by atoms with van der Waals surface area (Å²) >= 11 is 0. The molecule has 2 aromatic carbocycles. The molecule has 0 aliphatic carbocycles. The van der Waals surface area contributed by atoms with E-state index < -0.39 is 46.7 Å². The van der Waals surface area contributed by atoms with Gasteiger partial charge in [0.2, 0.25) is 0 Å². The zero-order chi connectivity index (χ0) is 21.8. The van der Waals surface area contributed by atoms with Crippen molar-refractivity contribution in [3.8, 4) is 0 Å². The molecule has 0 radical (unpaired) electrons. The number of nitrogens with zero attached hydrogens (tertiary/aromatic N) is 2. The van der Waals surface area contributed by atoms with E-state index in [-0.39, 0.29) is 22.6 Å². The fourth-order valence-corrected chi connectivity index (χ4v) is 2.43. The number of nitro benzene ring substituents is 1. The van der Waals surface area contributed by atoms with E-state index in [9.17, 15) is 37.3 Å². The summed E-state index contributed by atoms with van der Waals surface area (Å²) in [5.74, 6) is -4.04. The molecule has 0 aliphatic heterocycles. The van der Waals surface area contributed by atoms with Crippen molar-refractivity contribution in [2.24, 2.45) is 0 Å². The highest BCUT2D eigenvalue weighted by Gasteiger charge is 2.44. The van der Waals surface area contributed by atoms with E-state index in [0.29, 0.717) is 12.1 Å². The summed E-state index contributed by atoms with van der Waals surface area (Å²) in [4.78, 5) is 33.7. The summed E-state index contributed by atoms with van der Waals surface area (Å²) < 4.78 is 57.3. The summed E-state index contributed by atoms with van der Waals surface area (Å²) in [6.45, 7) is 1.03. The van der Waals surface area contributed by atoms with E-state index in [2.05, 4.69) is 0 Å². The molecule has 29 heavy (non-hydrogen) atoms. The molecular weight excluding hydrogens is 400 g/mol. The summed E-state index contributed by atoms with van der Waals surface area (Å²) in [5, 5.41) is 11.2. The van der Waals surface area contributed by atoms with Gasteiger partial charge in [-0.05, 0) is 36.8 Å². The number of ether oxygens (including phenoxy) is 1. The Kier molecular flexibility index (Phi) is 6.52. The number of esters is 1. The minimum atomic E-state index is -5.33. The van der Waals surface area contributed by atoms with Gasteiger partial charge < -0.3 is 4.74 Å². The molecule has 11 heteroatoms. The van der Waals surface area contributed by atoms with Gasteiger partial charge in [-0.3, -0.25) is 19.8 Å². The van der Waals surface area contributed by atoms with E-state index in [1.165, 1.54) is 24.3 Å². The van der Waals surface area contributed by atoms with Crippen LogP contribution in [0.3, 0.4) is 0 Å². The van der Waals surface area contributed by atoms with Crippen molar-refractivity contribution in [2.75, 3.05) is 11.5 Å². The first-order valence-electron chi connectivity index (χ1n) is 8.13. The van der Waals surface area contributed by atoms with Crippen molar-refractivity contribution in [2.45, 2.75) is 19.6 Å². The predicted molar refractivity (Wildman–Crippen MR) is 92.7 cm³/mol. The van der Waals surface area contributed by atoms with Crippen molar-refractivity contribution < 1.29 is 36.8 Å². The number of carbonyl (C=O) groups is 2. The second kappa shape index (κ2) is 8.67. The van der Waals surface area contributed by atoms with Crippen LogP contribution >= 0.6 is 0 Å². The Bertz CT molecular complexity index is 929. The standard InChI is InChI=1S/C18H14F4N2O5/c1-2-29-16(25)12-5-3-11(4-6-12)10-23(17(26)18(20,21)22)14-8-7-13(19)9-15(14)24(27)28/h3-9H,2,10H2,1H3. The molecule has 2 aromatic rings. The first kappa shape index (κ1) is 21.8. The lowest BCUT2D eigenvalue weighted by atomic mass is 10.1. The fourth-order valence-electron chi connectivity index (χ4n) is 2.43. The molecule has 2 rings (SSSR count). The van der Waals surface area contributed by atoms with E-state index in [4.69, 9.17) is 4.74 Å². The van der Waals surface area contributed by atoms with Crippen molar-refractivity contribution in [3.05, 3.63) is 69.5 Å². The number of alkyl halides is 3. The first-order valence-corrected chi connectivity index (χ1v) is 8.13. The molecule has 0 atom stereocenters. The lowest BCUT2D eigenvalue weighted by Crippen LogP contribution is -2.41. The van der Waals surface area contributed by atoms with Crippen LogP contribution in [0.4, 0.5) is 28.9 Å². The van der Waals surface area contributed by atoms with Gasteiger partial charge in [0.25, 0.3) is 5.69 Å². The number of carbonyl (C=O) groups excluding carboxylic acids is 2. The minimum Gasteiger partial charge on any atom is -0.462 e. The molecule has 7 nitrogen and oxygen atoms in total. The highest BCUT2D eigenvalue weighted by Crippen LogP contribution is 2.33. The summed E-state index contributed by atoms with van der Waals surface area (Å²) in [6, 6.07) is 6.98. The number of halogens is 4. The zero-order valence-corrected chi connectivity index (χ0v) is 14.9. The van der Waals surface area contributed by atoms with Crippen LogP contribution in [0.25, 0.3) is 0 Å². The minimum absolute atomic E-state index is 0.128. The lowest BCUT2D eigenvalue weighted by molar-refractivity contribution is -0.384. The molecule has 0 N–H and O–H groups in total. The number of amides is 1. The second-order valence-corrected chi connectivity index (χ2v) is 5.70. The van der Waals surface area contributed by atoms with Gasteiger partial charge in [-0.2, -0.15) is 13.2 Å². The highest BCUT2D eigenvalue weighted by atomic mass is 19.4. The Morgan fingerprint density at radius 3 is 2.28 bits per heavy atom. The zero-order valence-electron chi connectivity index (χ0n) is 14.9. The van der Waals surface area contributed by atoms with Crippen LogP contribution < -0.4 is 4.90 Å². The maximum Gasteiger partial charge on any atom is 0.471 e. The van der Waals surface area contributed by atoms with Crippen molar-refractivity contribution in [1.29, 1.82) is 0 Å². The van der Waals surface area contributed by atoms with E-state index in [1.54, 1.807) is 6.92 Å². The van der Waals surface area contributed by atoms with Gasteiger partial charge in [-0.25, -0.2) is 9.18 Å². The van der Waals surface area contributed by atoms with Gasteiger partial charge >= 0.3 is 18.1 Å². The third-order valence-electron chi connectivity index (χ3n) is 3.72. The molecule has 0 saturated carbocycles. The predicted octanol–water partition coefficient (Wildman–Crippen LogP) is 4.01. The monoisotopic (exact) mass is 414 g/mol. The number of hydrogen-bond acceptors (Lipinski definition) is 5. The quantitative estimate of drug-likeness (QED) is 0.308. The molecule has 1 amide bonds. The number of rotatable bonds is 6. The first-order chi connectivity index (χ1) is 13.5. The van der Waals surface area contributed by atoms with Crippen LogP contribution in [0.5, 0.6) is 0 Å². The third kappa shape index (κ3) is 5.27. The molecule has 0 saturated heterocycles. The van der Waals surface area contributed by atoms with Crippen molar-refractivity contribution in [3.63, 3.8) is 0 Å². The molecule has 154 valence electrons. The SMILES string of the molecule is CCOC(=O)c1ccc(CN(C(=O)C(F)(F)F)c2ccc(F)cc2[N+](=O)[O-])cc1.